The Morgan fingerprint density at radius 1 is 1.32 bits per heavy atom. The Morgan fingerprint density at radius 2 is 2.11 bits per heavy atom. The Labute approximate surface area is 125 Å². The normalized spacial score (nSPS) is 23.1. The van der Waals surface area contributed by atoms with E-state index >= 15 is 0 Å². The summed E-state index contributed by atoms with van der Waals surface area (Å²) in [6.07, 6.45) is 3.88. The molecule has 0 bridgehead atoms. The maximum absolute atomic E-state index is 3.72. The van der Waals surface area contributed by atoms with Crippen LogP contribution in [0.25, 0.3) is 0 Å². The van der Waals surface area contributed by atoms with E-state index in [9.17, 15) is 0 Å². The van der Waals surface area contributed by atoms with E-state index in [1.54, 1.807) is 0 Å². The topological polar surface area (TPSA) is 15.3 Å². The molecule has 1 aliphatic rings. The van der Waals surface area contributed by atoms with Gasteiger partial charge in [0, 0.05) is 28.8 Å². The first-order chi connectivity index (χ1) is 9.17. The van der Waals surface area contributed by atoms with Gasteiger partial charge in [-0.2, -0.15) is 0 Å². The minimum Gasteiger partial charge on any atom is -0.366 e. The van der Waals surface area contributed by atoms with Crippen LogP contribution >= 0.6 is 15.9 Å². The second-order valence-electron chi connectivity index (χ2n) is 5.45. The van der Waals surface area contributed by atoms with Crippen LogP contribution in [0.3, 0.4) is 0 Å². The molecule has 2 atom stereocenters. The van der Waals surface area contributed by atoms with E-state index in [1.807, 2.05) is 0 Å². The number of nitrogens with one attached hydrogen (secondary N) is 1. The van der Waals surface area contributed by atoms with Gasteiger partial charge in [-0.25, -0.2) is 0 Å². The van der Waals surface area contributed by atoms with Gasteiger partial charge in [0.1, 0.15) is 0 Å². The van der Waals surface area contributed by atoms with Gasteiger partial charge in [-0.15, -0.1) is 0 Å². The Bertz CT molecular complexity index is 419. The van der Waals surface area contributed by atoms with Gasteiger partial charge in [0.05, 0.1) is 0 Å². The number of benzene rings is 1. The Balaban J connectivity index is 2.18. The molecular weight excluding hydrogens is 300 g/mol. The molecule has 1 heterocycles. The highest BCUT2D eigenvalue weighted by Crippen LogP contribution is 2.34. The fourth-order valence-corrected chi connectivity index (χ4v) is 3.54. The van der Waals surface area contributed by atoms with Crippen molar-refractivity contribution in [1.82, 2.24) is 5.32 Å². The molecule has 106 valence electrons. The second-order valence-corrected chi connectivity index (χ2v) is 6.31. The van der Waals surface area contributed by atoms with Crippen LogP contribution in [0.2, 0.25) is 0 Å². The summed E-state index contributed by atoms with van der Waals surface area (Å²) < 4.78 is 1.22. The molecule has 1 N–H and O–H groups in total. The number of anilines is 1. The van der Waals surface area contributed by atoms with E-state index in [1.165, 1.54) is 35.0 Å². The van der Waals surface area contributed by atoms with Crippen molar-refractivity contribution in [1.29, 1.82) is 0 Å². The van der Waals surface area contributed by atoms with Crippen LogP contribution in [0.5, 0.6) is 0 Å². The number of halogens is 1. The Kier molecular flexibility index (Phi) is 5.28. The van der Waals surface area contributed by atoms with Gasteiger partial charge >= 0.3 is 0 Å². The van der Waals surface area contributed by atoms with Gasteiger partial charge in [-0.1, -0.05) is 35.8 Å². The van der Waals surface area contributed by atoms with Crippen molar-refractivity contribution in [3.05, 3.63) is 28.2 Å². The summed E-state index contributed by atoms with van der Waals surface area (Å²) in [6, 6.07) is 8.19. The number of hydrogen-bond acceptors (Lipinski definition) is 2. The summed E-state index contributed by atoms with van der Waals surface area (Å²) >= 11 is 3.72. The molecule has 2 unspecified atom stereocenters. The lowest BCUT2D eigenvalue weighted by Gasteiger charge is -2.30. The van der Waals surface area contributed by atoms with Crippen molar-refractivity contribution in [2.45, 2.75) is 58.7 Å². The zero-order valence-corrected chi connectivity index (χ0v) is 13.8. The van der Waals surface area contributed by atoms with E-state index < -0.39 is 0 Å². The molecule has 1 aliphatic heterocycles. The first kappa shape index (κ1) is 14.9. The lowest BCUT2D eigenvalue weighted by molar-refractivity contribution is 0.627. The number of nitrogens with zero attached hydrogens (tertiary/aromatic N) is 1. The van der Waals surface area contributed by atoms with Crippen LogP contribution in [0.1, 0.15) is 45.6 Å². The van der Waals surface area contributed by atoms with Crippen molar-refractivity contribution >= 4 is 21.6 Å². The van der Waals surface area contributed by atoms with E-state index in [4.69, 9.17) is 0 Å². The fourth-order valence-electron chi connectivity index (χ4n) is 3.04. The molecule has 0 radical (unpaired) electrons. The van der Waals surface area contributed by atoms with Crippen molar-refractivity contribution in [2.75, 3.05) is 11.4 Å². The standard InChI is InChI=1S/C16H25BrN2/c1-4-14-8-6-12(3)19(14)15-9-7-13(11-18-5-2)16(17)10-15/h7,9-10,12,14,18H,4-6,8,11H2,1-3H3. The van der Waals surface area contributed by atoms with Gasteiger partial charge in [0.15, 0.2) is 0 Å². The second kappa shape index (κ2) is 6.76. The van der Waals surface area contributed by atoms with Gasteiger partial charge in [-0.3, -0.25) is 0 Å². The van der Waals surface area contributed by atoms with Gasteiger partial charge in [-0.05, 0) is 50.4 Å². The minimum atomic E-state index is 0.663. The first-order valence-corrected chi connectivity index (χ1v) is 8.24. The monoisotopic (exact) mass is 324 g/mol. The molecule has 0 amide bonds. The van der Waals surface area contributed by atoms with Gasteiger partial charge < -0.3 is 10.2 Å². The quantitative estimate of drug-likeness (QED) is 0.867. The summed E-state index contributed by atoms with van der Waals surface area (Å²) in [4.78, 5) is 2.60. The molecule has 0 saturated carbocycles. The highest BCUT2D eigenvalue weighted by atomic mass is 79.9. The molecular formula is C16H25BrN2. The van der Waals surface area contributed by atoms with Crippen molar-refractivity contribution in [3.63, 3.8) is 0 Å². The van der Waals surface area contributed by atoms with Crippen molar-refractivity contribution < 1.29 is 0 Å². The number of hydrogen-bond donors (Lipinski definition) is 1. The summed E-state index contributed by atoms with van der Waals surface area (Å²) in [5.74, 6) is 0. The molecule has 1 fully saturated rings. The van der Waals surface area contributed by atoms with Crippen LogP contribution < -0.4 is 10.2 Å². The molecule has 1 aromatic carbocycles. The number of rotatable bonds is 5. The maximum atomic E-state index is 3.72. The van der Waals surface area contributed by atoms with Crippen LogP contribution in [0, 0.1) is 0 Å². The van der Waals surface area contributed by atoms with Crippen LogP contribution in [0.15, 0.2) is 22.7 Å². The first-order valence-electron chi connectivity index (χ1n) is 7.44. The van der Waals surface area contributed by atoms with Crippen molar-refractivity contribution in [3.8, 4) is 0 Å². The van der Waals surface area contributed by atoms with E-state index in [0.717, 1.165) is 13.1 Å². The van der Waals surface area contributed by atoms with Gasteiger partial charge in [0.25, 0.3) is 0 Å². The molecule has 3 heteroatoms. The van der Waals surface area contributed by atoms with Crippen LogP contribution in [-0.2, 0) is 6.54 Å². The lowest BCUT2D eigenvalue weighted by atomic mass is 10.1. The van der Waals surface area contributed by atoms with Crippen LogP contribution in [0.4, 0.5) is 5.69 Å². The van der Waals surface area contributed by atoms with Crippen molar-refractivity contribution in [2.24, 2.45) is 0 Å². The highest BCUT2D eigenvalue weighted by molar-refractivity contribution is 9.10. The van der Waals surface area contributed by atoms with Crippen LogP contribution in [-0.4, -0.2) is 18.6 Å². The van der Waals surface area contributed by atoms with E-state index in [0.29, 0.717) is 12.1 Å². The predicted molar refractivity (Wildman–Crippen MR) is 86.8 cm³/mol. The molecule has 1 saturated heterocycles. The molecule has 0 aliphatic carbocycles. The average Bonchev–Trinajstić information content (AvgIpc) is 2.78. The third kappa shape index (κ3) is 3.32. The average molecular weight is 325 g/mol. The Morgan fingerprint density at radius 3 is 2.74 bits per heavy atom. The highest BCUT2D eigenvalue weighted by Gasteiger charge is 2.29. The molecule has 0 aromatic heterocycles. The predicted octanol–water partition coefficient (Wildman–Crippen LogP) is 4.33. The molecule has 0 spiro atoms. The van der Waals surface area contributed by atoms with Gasteiger partial charge in [0.2, 0.25) is 0 Å². The summed E-state index contributed by atoms with van der Waals surface area (Å²) in [5.41, 5.74) is 2.70. The molecule has 19 heavy (non-hydrogen) atoms. The minimum absolute atomic E-state index is 0.663. The SMILES string of the molecule is CCNCc1ccc(N2C(C)CCC2CC)cc1Br. The third-order valence-corrected chi connectivity index (χ3v) is 4.90. The van der Waals surface area contributed by atoms with E-state index in [2.05, 4.69) is 65.1 Å². The lowest BCUT2D eigenvalue weighted by Crippen LogP contribution is -2.34. The third-order valence-electron chi connectivity index (χ3n) is 4.16. The molecule has 2 rings (SSSR count). The summed E-state index contributed by atoms with van der Waals surface area (Å²) in [5, 5.41) is 3.38. The zero-order valence-electron chi connectivity index (χ0n) is 12.2. The summed E-state index contributed by atoms with van der Waals surface area (Å²) in [7, 11) is 0. The smallest absolute Gasteiger partial charge is 0.0382 e. The Hall–Kier alpha value is -0.540. The van der Waals surface area contributed by atoms with E-state index in [-0.39, 0.29) is 0 Å². The maximum Gasteiger partial charge on any atom is 0.0382 e. The largest absolute Gasteiger partial charge is 0.366 e. The zero-order chi connectivity index (χ0) is 13.8. The molecule has 1 aromatic rings. The summed E-state index contributed by atoms with van der Waals surface area (Å²) in [6.45, 7) is 8.72. The fraction of sp³-hybridized carbons (Fsp3) is 0.625. The molecule has 2 nitrogen and oxygen atoms in total.